The maximum absolute atomic E-state index is 11.7. The summed E-state index contributed by atoms with van der Waals surface area (Å²) in [6.45, 7) is 4.47. The molecular formula is C10H19F3O2. The molecule has 0 bridgehead atoms. The predicted molar refractivity (Wildman–Crippen MR) is 51.6 cm³/mol. The van der Waals surface area contributed by atoms with Crippen molar-refractivity contribution in [2.75, 3.05) is 13.2 Å². The van der Waals surface area contributed by atoms with Gasteiger partial charge >= 0.3 is 6.18 Å². The average Bonchev–Trinajstić information content (AvgIpc) is 1.99. The van der Waals surface area contributed by atoms with E-state index >= 15 is 0 Å². The third-order valence-electron chi connectivity index (χ3n) is 2.03. The first-order chi connectivity index (χ1) is 6.63. The van der Waals surface area contributed by atoms with Crippen LogP contribution in [0, 0.1) is 5.41 Å². The third kappa shape index (κ3) is 8.69. The number of hydrogen-bond donors (Lipinski definition) is 1. The second kappa shape index (κ2) is 5.70. The zero-order valence-corrected chi connectivity index (χ0v) is 9.40. The van der Waals surface area contributed by atoms with Crippen molar-refractivity contribution in [3.8, 4) is 0 Å². The van der Waals surface area contributed by atoms with Crippen LogP contribution >= 0.6 is 0 Å². The van der Waals surface area contributed by atoms with Crippen LogP contribution < -0.4 is 0 Å². The van der Waals surface area contributed by atoms with Crippen molar-refractivity contribution in [3.63, 3.8) is 0 Å². The highest BCUT2D eigenvalue weighted by molar-refractivity contribution is 4.72. The monoisotopic (exact) mass is 228 g/mol. The Balaban J connectivity index is 3.48. The number of rotatable bonds is 5. The number of halogens is 3. The van der Waals surface area contributed by atoms with Gasteiger partial charge in [-0.25, -0.2) is 0 Å². The topological polar surface area (TPSA) is 29.5 Å². The van der Waals surface area contributed by atoms with Crippen molar-refractivity contribution in [2.24, 2.45) is 5.41 Å². The van der Waals surface area contributed by atoms with E-state index < -0.39 is 18.9 Å². The Hall–Kier alpha value is -0.290. The Morgan fingerprint density at radius 1 is 1.20 bits per heavy atom. The lowest BCUT2D eigenvalue weighted by Gasteiger charge is -2.25. The standard InChI is InChI=1S/C10H19F3O2/c1-9(2,3)8(14)5-4-6-15-7-10(11,12)13/h8,14H,4-7H2,1-3H3. The molecule has 5 heteroatoms. The molecule has 0 aromatic heterocycles. The second-order valence-electron chi connectivity index (χ2n) is 4.69. The maximum Gasteiger partial charge on any atom is 0.411 e. The molecule has 0 aliphatic carbocycles. The predicted octanol–water partition coefficient (Wildman–Crippen LogP) is 2.75. The van der Waals surface area contributed by atoms with Crippen molar-refractivity contribution in [2.45, 2.75) is 45.9 Å². The summed E-state index contributed by atoms with van der Waals surface area (Å²) >= 11 is 0. The van der Waals surface area contributed by atoms with Crippen molar-refractivity contribution in [3.05, 3.63) is 0 Å². The Morgan fingerprint density at radius 3 is 2.13 bits per heavy atom. The average molecular weight is 228 g/mol. The van der Waals surface area contributed by atoms with Gasteiger partial charge in [-0.05, 0) is 18.3 Å². The zero-order valence-electron chi connectivity index (χ0n) is 9.40. The molecule has 0 aromatic rings. The fourth-order valence-electron chi connectivity index (χ4n) is 1.000. The first-order valence-electron chi connectivity index (χ1n) is 4.95. The molecular weight excluding hydrogens is 209 g/mol. The normalized spacial score (nSPS) is 15.4. The summed E-state index contributed by atoms with van der Waals surface area (Å²) in [4.78, 5) is 0. The lowest BCUT2D eigenvalue weighted by molar-refractivity contribution is -0.174. The summed E-state index contributed by atoms with van der Waals surface area (Å²) in [6, 6.07) is 0. The highest BCUT2D eigenvalue weighted by Gasteiger charge is 2.27. The maximum atomic E-state index is 11.7. The van der Waals surface area contributed by atoms with Crippen LogP contribution in [0.15, 0.2) is 0 Å². The largest absolute Gasteiger partial charge is 0.411 e. The highest BCUT2D eigenvalue weighted by Crippen LogP contribution is 2.22. The molecule has 0 saturated heterocycles. The molecule has 0 fully saturated rings. The molecule has 0 aromatic carbocycles. The van der Waals surface area contributed by atoms with E-state index in [1.54, 1.807) is 0 Å². The summed E-state index contributed by atoms with van der Waals surface area (Å²) in [5, 5.41) is 9.57. The van der Waals surface area contributed by atoms with Gasteiger partial charge in [0.2, 0.25) is 0 Å². The summed E-state index contributed by atoms with van der Waals surface area (Å²) in [6.07, 6.45) is -3.87. The van der Waals surface area contributed by atoms with Crippen LogP contribution in [0.1, 0.15) is 33.6 Å². The van der Waals surface area contributed by atoms with Crippen LogP contribution in [0.25, 0.3) is 0 Å². The van der Waals surface area contributed by atoms with Crippen molar-refractivity contribution in [1.29, 1.82) is 0 Å². The molecule has 2 nitrogen and oxygen atoms in total. The minimum atomic E-state index is -4.26. The molecule has 0 saturated carbocycles. The Bertz CT molecular complexity index is 172. The minimum Gasteiger partial charge on any atom is -0.393 e. The van der Waals surface area contributed by atoms with Crippen LogP contribution in [-0.4, -0.2) is 30.6 Å². The lowest BCUT2D eigenvalue weighted by atomic mass is 9.87. The summed E-state index contributed by atoms with van der Waals surface area (Å²) in [7, 11) is 0. The van der Waals surface area contributed by atoms with E-state index in [0.29, 0.717) is 12.8 Å². The Labute approximate surface area is 88.4 Å². The van der Waals surface area contributed by atoms with Crippen LogP contribution in [0.5, 0.6) is 0 Å². The van der Waals surface area contributed by atoms with Gasteiger partial charge in [-0.15, -0.1) is 0 Å². The van der Waals surface area contributed by atoms with Gasteiger partial charge in [-0.1, -0.05) is 20.8 Å². The van der Waals surface area contributed by atoms with Gasteiger partial charge in [0.05, 0.1) is 6.10 Å². The molecule has 0 spiro atoms. The number of alkyl halides is 3. The van der Waals surface area contributed by atoms with E-state index in [2.05, 4.69) is 4.74 Å². The minimum absolute atomic E-state index is 0.0344. The summed E-state index contributed by atoms with van der Waals surface area (Å²) < 4.78 is 39.4. The lowest BCUT2D eigenvalue weighted by Crippen LogP contribution is -2.26. The van der Waals surface area contributed by atoms with E-state index in [-0.39, 0.29) is 12.0 Å². The third-order valence-corrected chi connectivity index (χ3v) is 2.03. The van der Waals surface area contributed by atoms with E-state index in [9.17, 15) is 18.3 Å². The van der Waals surface area contributed by atoms with E-state index in [0.717, 1.165) is 0 Å². The van der Waals surface area contributed by atoms with E-state index in [1.807, 2.05) is 20.8 Å². The van der Waals surface area contributed by atoms with Gasteiger partial charge in [0.25, 0.3) is 0 Å². The van der Waals surface area contributed by atoms with Gasteiger partial charge in [0.1, 0.15) is 6.61 Å². The number of hydrogen-bond acceptors (Lipinski definition) is 2. The summed E-state index contributed by atoms with van der Waals surface area (Å²) in [5.41, 5.74) is -0.232. The molecule has 0 aliphatic rings. The molecule has 0 radical (unpaired) electrons. The van der Waals surface area contributed by atoms with Crippen LogP contribution in [0.4, 0.5) is 13.2 Å². The molecule has 1 atom stereocenters. The molecule has 1 N–H and O–H groups in total. The molecule has 0 heterocycles. The fraction of sp³-hybridized carbons (Fsp3) is 1.00. The van der Waals surface area contributed by atoms with Gasteiger partial charge in [0, 0.05) is 6.61 Å². The van der Waals surface area contributed by atoms with Crippen molar-refractivity contribution < 1.29 is 23.0 Å². The van der Waals surface area contributed by atoms with E-state index in [1.165, 1.54) is 0 Å². The van der Waals surface area contributed by atoms with Gasteiger partial charge < -0.3 is 9.84 Å². The van der Waals surface area contributed by atoms with Crippen LogP contribution in [0.2, 0.25) is 0 Å². The van der Waals surface area contributed by atoms with Gasteiger partial charge in [-0.2, -0.15) is 13.2 Å². The quantitative estimate of drug-likeness (QED) is 0.733. The Kier molecular flexibility index (Phi) is 5.59. The smallest absolute Gasteiger partial charge is 0.393 e. The SMILES string of the molecule is CC(C)(C)C(O)CCCOCC(F)(F)F. The molecule has 0 aliphatic heterocycles. The molecule has 92 valence electrons. The number of aliphatic hydroxyl groups excluding tert-OH is 1. The van der Waals surface area contributed by atoms with Gasteiger partial charge in [0.15, 0.2) is 0 Å². The molecule has 15 heavy (non-hydrogen) atoms. The van der Waals surface area contributed by atoms with Crippen LogP contribution in [0.3, 0.4) is 0 Å². The van der Waals surface area contributed by atoms with E-state index in [4.69, 9.17) is 0 Å². The highest BCUT2D eigenvalue weighted by atomic mass is 19.4. The number of aliphatic hydroxyl groups is 1. The Morgan fingerprint density at radius 2 is 1.73 bits per heavy atom. The second-order valence-corrected chi connectivity index (χ2v) is 4.69. The van der Waals surface area contributed by atoms with Gasteiger partial charge in [-0.3, -0.25) is 0 Å². The fourth-order valence-corrected chi connectivity index (χ4v) is 1.000. The number of ether oxygens (including phenoxy) is 1. The first kappa shape index (κ1) is 14.7. The summed E-state index contributed by atoms with van der Waals surface area (Å²) in [5.74, 6) is 0. The van der Waals surface area contributed by atoms with Crippen LogP contribution in [-0.2, 0) is 4.74 Å². The van der Waals surface area contributed by atoms with Crippen molar-refractivity contribution in [1.82, 2.24) is 0 Å². The van der Waals surface area contributed by atoms with Crippen molar-refractivity contribution >= 4 is 0 Å². The molecule has 0 amide bonds. The molecule has 1 unspecified atom stereocenters. The first-order valence-corrected chi connectivity index (χ1v) is 4.95. The molecule has 0 rings (SSSR count). The zero-order chi connectivity index (χ0) is 12.1.